The number of likely N-dealkylation sites (tertiary alicyclic amines) is 1. The van der Waals surface area contributed by atoms with Crippen LogP contribution in [-0.4, -0.2) is 58.1 Å². The lowest BCUT2D eigenvalue weighted by Gasteiger charge is -2.35. The normalized spacial score (nSPS) is 20.5. The third-order valence-electron chi connectivity index (χ3n) is 5.69. The molecule has 2 aliphatic heterocycles. The molecule has 8 heteroatoms. The van der Waals surface area contributed by atoms with E-state index >= 15 is 0 Å². The van der Waals surface area contributed by atoms with Crippen LogP contribution in [0.25, 0.3) is 6.08 Å². The maximum Gasteiger partial charge on any atom is 0.337 e. The predicted octanol–water partition coefficient (Wildman–Crippen LogP) is 4.25. The van der Waals surface area contributed by atoms with Gasteiger partial charge in [0.2, 0.25) is 5.91 Å². The van der Waals surface area contributed by atoms with Crippen LogP contribution in [0, 0.1) is 0 Å². The number of rotatable bonds is 7. The molecule has 6 nitrogen and oxygen atoms in total. The fourth-order valence-electron chi connectivity index (χ4n) is 3.96. The van der Waals surface area contributed by atoms with Gasteiger partial charge < -0.3 is 9.64 Å². The van der Waals surface area contributed by atoms with Crippen molar-refractivity contribution in [2.45, 2.75) is 51.5 Å². The molecular formula is C23H28N2O4S2. The van der Waals surface area contributed by atoms with E-state index in [-0.39, 0.29) is 11.8 Å². The van der Waals surface area contributed by atoms with Gasteiger partial charge in [0.05, 0.1) is 17.6 Å². The summed E-state index contributed by atoms with van der Waals surface area (Å²) in [5.41, 5.74) is 1.26. The van der Waals surface area contributed by atoms with Crippen molar-refractivity contribution in [3.05, 3.63) is 40.3 Å². The highest BCUT2D eigenvalue weighted by Crippen LogP contribution is 2.33. The molecular weight excluding hydrogens is 432 g/mol. The fraction of sp³-hybridized carbons (Fsp3) is 0.478. The molecule has 0 bridgehead atoms. The summed E-state index contributed by atoms with van der Waals surface area (Å²) in [6.07, 6.45) is 7.14. The van der Waals surface area contributed by atoms with Crippen molar-refractivity contribution in [2.75, 3.05) is 20.2 Å². The van der Waals surface area contributed by atoms with Gasteiger partial charge in [0.25, 0.3) is 5.91 Å². The molecule has 0 aromatic heterocycles. The number of hydrogen-bond donors (Lipinski definition) is 0. The molecule has 0 aliphatic carbocycles. The first-order valence-corrected chi connectivity index (χ1v) is 11.9. The Morgan fingerprint density at radius 1 is 1.26 bits per heavy atom. The third-order valence-corrected chi connectivity index (χ3v) is 7.07. The second kappa shape index (κ2) is 10.9. The largest absolute Gasteiger partial charge is 0.465 e. The third kappa shape index (κ3) is 5.74. The molecule has 1 aromatic rings. The van der Waals surface area contributed by atoms with Crippen molar-refractivity contribution in [1.29, 1.82) is 0 Å². The van der Waals surface area contributed by atoms with E-state index < -0.39 is 5.97 Å². The van der Waals surface area contributed by atoms with Crippen LogP contribution in [0.2, 0.25) is 0 Å². The van der Waals surface area contributed by atoms with Gasteiger partial charge in [-0.1, -0.05) is 43.0 Å². The number of methoxy groups -OCH3 is 1. The number of nitrogens with zero attached hydrogens (tertiary/aromatic N) is 2. The lowest BCUT2D eigenvalue weighted by atomic mass is 9.99. The topological polar surface area (TPSA) is 66.9 Å². The minimum Gasteiger partial charge on any atom is -0.465 e. The van der Waals surface area contributed by atoms with E-state index in [0.717, 1.165) is 31.4 Å². The molecule has 0 N–H and O–H groups in total. The number of esters is 1. The maximum absolute atomic E-state index is 12.8. The molecule has 0 radical (unpaired) electrons. The molecule has 1 aromatic carbocycles. The number of ether oxygens (including phenoxy) is 1. The van der Waals surface area contributed by atoms with Gasteiger partial charge in [-0.05, 0) is 55.9 Å². The predicted molar refractivity (Wildman–Crippen MR) is 127 cm³/mol. The number of piperidine rings is 1. The zero-order valence-corrected chi connectivity index (χ0v) is 19.6. The number of thiocarbonyl (C=S) groups is 1. The second-order valence-corrected chi connectivity index (χ2v) is 9.37. The minimum atomic E-state index is -0.401. The standard InChI is InChI=1S/C23H28N2O4S2/c1-3-18-7-4-5-13-24(18)20(26)8-6-14-25-21(27)19(31-23(25)30)15-16-9-11-17(12-10-16)22(28)29-2/h9-12,15,18H,3-8,13-14H2,1-2H3/b19-15-/t18-/m1/s1. The van der Waals surface area contributed by atoms with E-state index in [1.165, 1.54) is 25.3 Å². The van der Waals surface area contributed by atoms with Crippen molar-refractivity contribution in [1.82, 2.24) is 9.80 Å². The van der Waals surface area contributed by atoms with Crippen LogP contribution in [0.4, 0.5) is 0 Å². The quantitative estimate of drug-likeness (QED) is 0.344. The molecule has 1 atom stereocenters. The van der Waals surface area contributed by atoms with Crippen LogP contribution >= 0.6 is 24.0 Å². The summed E-state index contributed by atoms with van der Waals surface area (Å²) >= 11 is 6.66. The zero-order valence-electron chi connectivity index (χ0n) is 18.0. The van der Waals surface area contributed by atoms with Crippen LogP contribution in [0.15, 0.2) is 29.2 Å². The average molecular weight is 461 g/mol. The Labute approximate surface area is 193 Å². The van der Waals surface area contributed by atoms with E-state index in [4.69, 9.17) is 17.0 Å². The summed E-state index contributed by atoms with van der Waals surface area (Å²) < 4.78 is 5.21. The maximum atomic E-state index is 12.8. The monoisotopic (exact) mass is 460 g/mol. The smallest absolute Gasteiger partial charge is 0.337 e. The Kier molecular flexibility index (Phi) is 8.26. The van der Waals surface area contributed by atoms with E-state index in [0.29, 0.717) is 40.2 Å². The van der Waals surface area contributed by atoms with E-state index in [1.807, 2.05) is 4.90 Å². The molecule has 2 saturated heterocycles. The first-order chi connectivity index (χ1) is 14.9. The van der Waals surface area contributed by atoms with Crippen molar-refractivity contribution in [2.24, 2.45) is 0 Å². The van der Waals surface area contributed by atoms with Crippen molar-refractivity contribution in [3.63, 3.8) is 0 Å². The molecule has 2 heterocycles. The molecule has 0 spiro atoms. The van der Waals surface area contributed by atoms with Crippen molar-refractivity contribution < 1.29 is 19.1 Å². The highest BCUT2D eigenvalue weighted by atomic mass is 32.2. The molecule has 3 rings (SSSR count). The summed E-state index contributed by atoms with van der Waals surface area (Å²) in [5, 5.41) is 0. The Morgan fingerprint density at radius 3 is 2.68 bits per heavy atom. The molecule has 0 saturated carbocycles. The van der Waals surface area contributed by atoms with Gasteiger partial charge in [-0.2, -0.15) is 0 Å². The lowest BCUT2D eigenvalue weighted by Crippen LogP contribution is -2.43. The van der Waals surface area contributed by atoms with Gasteiger partial charge >= 0.3 is 5.97 Å². The number of amides is 2. The number of thioether (sulfide) groups is 1. The summed E-state index contributed by atoms with van der Waals surface area (Å²) in [6, 6.07) is 7.20. The Bertz CT molecular complexity index is 882. The molecule has 2 amide bonds. The average Bonchev–Trinajstić information content (AvgIpc) is 3.06. The Morgan fingerprint density at radius 2 is 2.00 bits per heavy atom. The summed E-state index contributed by atoms with van der Waals surface area (Å²) in [7, 11) is 1.34. The SMILES string of the molecule is CC[C@@H]1CCCCN1C(=O)CCCN1C(=O)/C(=C/c2ccc(C(=O)OC)cc2)SC1=S. The summed E-state index contributed by atoms with van der Waals surface area (Å²) in [4.78, 5) is 41.1. The summed E-state index contributed by atoms with van der Waals surface area (Å²) in [5.74, 6) is -0.357. The van der Waals surface area contributed by atoms with E-state index in [9.17, 15) is 14.4 Å². The molecule has 31 heavy (non-hydrogen) atoms. The molecule has 0 unspecified atom stereocenters. The van der Waals surface area contributed by atoms with Crippen LogP contribution in [0.3, 0.4) is 0 Å². The van der Waals surface area contributed by atoms with Crippen LogP contribution in [0.5, 0.6) is 0 Å². The van der Waals surface area contributed by atoms with Crippen molar-refractivity contribution >= 4 is 52.2 Å². The molecule has 166 valence electrons. The number of carbonyl (C=O) groups excluding carboxylic acids is 3. The second-order valence-electron chi connectivity index (χ2n) is 7.70. The van der Waals surface area contributed by atoms with Gasteiger partial charge in [-0.25, -0.2) is 4.79 Å². The van der Waals surface area contributed by atoms with E-state index in [2.05, 4.69) is 6.92 Å². The highest BCUT2D eigenvalue weighted by molar-refractivity contribution is 8.26. The molecule has 2 fully saturated rings. The molecule has 2 aliphatic rings. The minimum absolute atomic E-state index is 0.135. The summed E-state index contributed by atoms with van der Waals surface area (Å²) in [6.45, 7) is 3.42. The number of hydrogen-bond acceptors (Lipinski definition) is 6. The van der Waals surface area contributed by atoms with Crippen molar-refractivity contribution in [3.8, 4) is 0 Å². The van der Waals surface area contributed by atoms with Crippen LogP contribution in [0.1, 0.15) is 61.4 Å². The first-order valence-electron chi connectivity index (χ1n) is 10.7. The van der Waals surface area contributed by atoms with Gasteiger partial charge in [0.1, 0.15) is 4.32 Å². The Hall–Kier alpha value is -2.19. The highest BCUT2D eigenvalue weighted by Gasteiger charge is 2.32. The van der Waals surface area contributed by atoms with Gasteiger partial charge in [0, 0.05) is 25.6 Å². The van der Waals surface area contributed by atoms with Gasteiger partial charge in [-0.3, -0.25) is 14.5 Å². The van der Waals surface area contributed by atoms with Gasteiger partial charge in [-0.15, -0.1) is 0 Å². The van der Waals surface area contributed by atoms with E-state index in [1.54, 1.807) is 35.2 Å². The first kappa shape index (κ1) is 23.5. The zero-order chi connectivity index (χ0) is 22.4. The van der Waals surface area contributed by atoms with Crippen LogP contribution in [-0.2, 0) is 14.3 Å². The fourth-order valence-corrected chi connectivity index (χ4v) is 5.27. The van der Waals surface area contributed by atoms with Crippen LogP contribution < -0.4 is 0 Å². The Balaban J connectivity index is 1.56. The number of benzene rings is 1. The lowest BCUT2D eigenvalue weighted by molar-refractivity contribution is -0.135. The van der Waals surface area contributed by atoms with Gasteiger partial charge in [0.15, 0.2) is 0 Å². The number of carbonyl (C=O) groups is 3.